The van der Waals surface area contributed by atoms with Crippen LogP contribution in [0.3, 0.4) is 0 Å². The molecule has 0 heterocycles. The van der Waals surface area contributed by atoms with E-state index in [9.17, 15) is 0 Å². The molecule has 0 aliphatic rings. The molecule has 0 unspecified atom stereocenters. The molecule has 1 nitrogen and oxygen atoms in total. The SMILES string of the molecule is [CH-]=O.[H+].[H+].[Ru+].c1ccc([PH+](c2ccccc2)c2ccccc2)cc1.c1ccc([PH+](c2ccccc2)c2ccccc2)cc1.c1ccc([PH+](c2ccccc2)c2ccccc2)cc1. The zero-order valence-electron chi connectivity index (χ0n) is 35.3. The third-order valence-electron chi connectivity index (χ3n) is 9.56. The van der Waals surface area contributed by atoms with Crippen LogP contribution in [-0.4, -0.2) is 6.79 Å². The van der Waals surface area contributed by atoms with Gasteiger partial charge in [-0.2, -0.15) is 0 Å². The van der Waals surface area contributed by atoms with E-state index in [1.165, 1.54) is 47.7 Å². The van der Waals surface area contributed by atoms with E-state index < -0.39 is 23.8 Å². The van der Waals surface area contributed by atoms with Crippen LogP contribution < -0.4 is 47.7 Å². The van der Waals surface area contributed by atoms with Crippen molar-refractivity contribution in [1.29, 1.82) is 0 Å². The van der Waals surface area contributed by atoms with Crippen LogP contribution in [0, 0.1) is 0 Å². The van der Waals surface area contributed by atoms with Crippen LogP contribution in [0.25, 0.3) is 0 Å². The van der Waals surface area contributed by atoms with Crippen molar-refractivity contribution >= 4 is 78.3 Å². The van der Waals surface area contributed by atoms with Gasteiger partial charge in [-0.3, -0.25) is 6.79 Å². The second-order valence-electron chi connectivity index (χ2n) is 13.4. The van der Waals surface area contributed by atoms with Crippen molar-refractivity contribution in [3.05, 3.63) is 273 Å². The molecule has 0 N–H and O–H groups in total. The number of hydrogen-bond acceptors (Lipinski definition) is 1. The standard InChI is InChI=1S/3C18H15P.CHO.Ru/c3*1-4-10-16(11-5-1)19(17-12-6-2-7-13-17)18-14-8-3-9-15-18;1-2;/h3*1-15H;1H;/q;;;-1;+1/p+5. The van der Waals surface area contributed by atoms with E-state index in [-0.39, 0.29) is 22.3 Å². The minimum absolute atomic E-state index is 0. The van der Waals surface area contributed by atoms with Crippen molar-refractivity contribution in [2.45, 2.75) is 0 Å². The van der Waals surface area contributed by atoms with Crippen molar-refractivity contribution in [3.8, 4) is 0 Å². The van der Waals surface area contributed by atoms with Gasteiger partial charge in [0.2, 0.25) is 0 Å². The molecule has 0 saturated carbocycles. The van der Waals surface area contributed by atoms with Gasteiger partial charge in [0.25, 0.3) is 0 Å². The van der Waals surface area contributed by atoms with Gasteiger partial charge in [0.05, 0.1) is 23.8 Å². The van der Waals surface area contributed by atoms with Crippen LogP contribution in [0.15, 0.2) is 273 Å². The number of hydrogen-bond donors (Lipinski definition) is 0. The van der Waals surface area contributed by atoms with Gasteiger partial charge < -0.3 is 4.79 Å². The average molecular weight is 922 g/mol. The fraction of sp³-hybridized carbons (Fsp3) is 0. The maximum absolute atomic E-state index is 7.75. The van der Waals surface area contributed by atoms with Gasteiger partial charge in [-0.15, -0.1) is 0 Å². The van der Waals surface area contributed by atoms with Gasteiger partial charge in [-0.25, -0.2) is 0 Å². The van der Waals surface area contributed by atoms with Gasteiger partial charge >= 0.3 is 22.3 Å². The van der Waals surface area contributed by atoms with Crippen LogP contribution in [0.4, 0.5) is 0 Å². The van der Waals surface area contributed by atoms with Crippen LogP contribution >= 0.6 is 23.8 Å². The van der Waals surface area contributed by atoms with Crippen molar-refractivity contribution in [1.82, 2.24) is 0 Å². The Morgan fingerprint density at radius 2 is 0.283 bits per heavy atom. The summed E-state index contributed by atoms with van der Waals surface area (Å²) in [5.41, 5.74) is 0. The Kier molecular flexibility index (Phi) is 19.7. The van der Waals surface area contributed by atoms with Gasteiger partial charge in [-0.1, -0.05) is 164 Å². The third-order valence-corrected chi connectivity index (χ3v) is 17.8. The summed E-state index contributed by atoms with van der Waals surface area (Å²) in [6, 6.07) is 97.5. The first kappa shape index (κ1) is 45.6. The van der Waals surface area contributed by atoms with Crippen molar-refractivity contribution in [3.63, 3.8) is 0 Å². The van der Waals surface area contributed by atoms with E-state index in [0.29, 0.717) is 0 Å². The van der Waals surface area contributed by atoms with Gasteiger partial charge in [-0.05, 0) is 109 Å². The first-order chi connectivity index (χ1) is 29.3. The summed E-state index contributed by atoms with van der Waals surface area (Å²) in [5, 5.41) is 12.9. The van der Waals surface area contributed by atoms with Crippen LogP contribution in [0.5, 0.6) is 0 Å². The number of rotatable bonds is 9. The molecule has 60 heavy (non-hydrogen) atoms. The fourth-order valence-electron chi connectivity index (χ4n) is 6.94. The zero-order chi connectivity index (χ0) is 40.7. The van der Waals surface area contributed by atoms with Crippen LogP contribution in [0.1, 0.15) is 2.85 Å². The molecule has 0 spiro atoms. The summed E-state index contributed by atoms with van der Waals surface area (Å²) in [6.45, 7) is 3.25. The fourth-order valence-corrected chi connectivity index (χ4v) is 14.7. The molecule has 9 aromatic carbocycles. The minimum Gasteiger partial charge on any atom is -0.545 e. The van der Waals surface area contributed by atoms with E-state index in [1.54, 1.807) is 0 Å². The normalized spacial score (nSPS) is 10.1. The molecular formula is C55H51OP3Ru+5. The molecule has 0 aliphatic carbocycles. The molecule has 5 heteroatoms. The summed E-state index contributed by atoms with van der Waals surface area (Å²) in [6.07, 6.45) is 0. The summed E-state index contributed by atoms with van der Waals surface area (Å²) >= 11 is 0. The van der Waals surface area contributed by atoms with Gasteiger partial charge in [0, 0.05) is 0 Å². The number of carbonyl (C=O) groups excluding carboxylic acids is 1. The van der Waals surface area contributed by atoms with Crippen molar-refractivity contribution in [2.75, 3.05) is 0 Å². The Balaban J connectivity index is 0.000000237. The monoisotopic (exact) mass is 922 g/mol. The second-order valence-corrected chi connectivity index (χ2v) is 20.9. The van der Waals surface area contributed by atoms with E-state index in [0.717, 1.165) is 0 Å². The molecule has 295 valence electrons. The average Bonchev–Trinajstić information content (AvgIpc) is 3.34. The molecule has 0 amide bonds. The second kappa shape index (κ2) is 25.9. The van der Waals surface area contributed by atoms with Crippen molar-refractivity contribution in [2.24, 2.45) is 0 Å². The number of benzene rings is 9. The van der Waals surface area contributed by atoms with E-state index >= 15 is 0 Å². The quantitative estimate of drug-likeness (QED) is 0.0611. The molecule has 9 rings (SSSR count). The molecule has 0 saturated heterocycles. The van der Waals surface area contributed by atoms with Gasteiger partial charge in [0.15, 0.2) is 0 Å². The maximum atomic E-state index is 7.75. The summed E-state index contributed by atoms with van der Waals surface area (Å²) in [7, 11) is -2.63. The Hall–Kier alpha value is -5.44. The first-order valence-corrected chi connectivity index (χ1v) is 24.2. The maximum Gasteiger partial charge on any atom is 1.00 e. The predicted octanol–water partition coefficient (Wildman–Crippen LogP) is 9.48. The molecule has 0 fully saturated rings. The molecular weight excluding hydrogens is 871 g/mol. The Labute approximate surface area is 376 Å². The van der Waals surface area contributed by atoms with Crippen LogP contribution in [0.2, 0.25) is 0 Å². The molecule has 0 atom stereocenters. The zero-order valence-corrected chi connectivity index (χ0v) is 38.1. The smallest absolute Gasteiger partial charge is 0.545 e. The Bertz CT molecular complexity index is 1900. The third kappa shape index (κ3) is 13.3. The van der Waals surface area contributed by atoms with Crippen molar-refractivity contribution < 1.29 is 27.1 Å². The Morgan fingerprint density at radius 1 is 0.200 bits per heavy atom. The predicted molar refractivity (Wildman–Crippen MR) is 269 cm³/mol. The van der Waals surface area contributed by atoms with E-state index in [1.807, 2.05) is 0 Å². The Morgan fingerprint density at radius 3 is 0.367 bits per heavy atom. The molecule has 0 aromatic heterocycles. The summed E-state index contributed by atoms with van der Waals surface area (Å²) in [5.74, 6) is 0. The summed E-state index contributed by atoms with van der Waals surface area (Å²) < 4.78 is 0. The largest absolute Gasteiger partial charge is 1.00 e. The molecule has 9 aromatic rings. The first-order valence-electron chi connectivity index (χ1n) is 19.7. The molecule has 0 bridgehead atoms. The molecule has 1 radical (unpaired) electrons. The summed E-state index contributed by atoms with van der Waals surface area (Å²) in [4.78, 5) is 7.75. The van der Waals surface area contributed by atoms with Gasteiger partial charge in [0.1, 0.15) is 47.7 Å². The topological polar surface area (TPSA) is 17.1 Å². The van der Waals surface area contributed by atoms with Crippen LogP contribution in [-0.2, 0) is 24.3 Å². The molecule has 0 aliphatic heterocycles. The van der Waals surface area contributed by atoms with E-state index in [2.05, 4.69) is 280 Å². The minimum atomic E-state index is -0.877. The van der Waals surface area contributed by atoms with E-state index in [4.69, 9.17) is 4.79 Å².